The van der Waals surface area contributed by atoms with Crippen LogP contribution in [0.15, 0.2) is 0 Å². The van der Waals surface area contributed by atoms with E-state index < -0.39 is 0 Å². The molecule has 3 heteroatoms. The molecule has 84 valence electrons. The van der Waals surface area contributed by atoms with Gasteiger partial charge in [-0.25, -0.2) is 0 Å². The first-order valence-corrected chi connectivity index (χ1v) is 5.55. The lowest BCUT2D eigenvalue weighted by atomic mass is 10.0. The maximum Gasteiger partial charge on any atom is 0.0274 e. The van der Waals surface area contributed by atoms with E-state index >= 15 is 0 Å². The quantitative estimate of drug-likeness (QED) is 0.720. The molecule has 2 N–H and O–H groups in total. The maximum atomic E-state index is 5.68. The topological polar surface area (TPSA) is 32.5 Å². The van der Waals surface area contributed by atoms with Gasteiger partial charge in [0.15, 0.2) is 0 Å². The highest BCUT2D eigenvalue weighted by molar-refractivity contribution is 4.85. The molecule has 0 spiro atoms. The molecule has 0 bridgehead atoms. The van der Waals surface area contributed by atoms with Crippen LogP contribution in [0.25, 0.3) is 0 Å². The SMILES string of the molecule is CN(C)C(C)(C)CN1CCC(CN)C1. The molecular weight excluding hydrogens is 174 g/mol. The van der Waals surface area contributed by atoms with Crippen molar-refractivity contribution in [2.45, 2.75) is 25.8 Å². The number of likely N-dealkylation sites (tertiary alicyclic amines) is 1. The predicted octanol–water partition coefficient (Wildman–Crippen LogP) is 0.607. The molecule has 1 rings (SSSR count). The molecule has 0 aliphatic carbocycles. The number of rotatable bonds is 4. The van der Waals surface area contributed by atoms with Crippen LogP contribution in [0.3, 0.4) is 0 Å². The molecule has 1 fully saturated rings. The Morgan fingerprint density at radius 3 is 2.50 bits per heavy atom. The summed E-state index contributed by atoms with van der Waals surface area (Å²) in [4.78, 5) is 4.83. The van der Waals surface area contributed by atoms with Gasteiger partial charge in [-0.05, 0) is 53.4 Å². The van der Waals surface area contributed by atoms with E-state index in [9.17, 15) is 0 Å². The van der Waals surface area contributed by atoms with Crippen LogP contribution in [0.1, 0.15) is 20.3 Å². The maximum absolute atomic E-state index is 5.68. The first-order chi connectivity index (χ1) is 6.45. The highest BCUT2D eigenvalue weighted by Gasteiger charge is 2.28. The lowest BCUT2D eigenvalue weighted by Gasteiger charge is -2.36. The lowest BCUT2D eigenvalue weighted by molar-refractivity contribution is 0.131. The average molecular weight is 199 g/mol. The summed E-state index contributed by atoms with van der Waals surface area (Å²) in [6.07, 6.45) is 1.28. The molecule has 1 unspecified atom stereocenters. The van der Waals surface area contributed by atoms with Crippen molar-refractivity contribution in [2.24, 2.45) is 11.7 Å². The summed E-state index contributed by atoms with van der Waals surface area (Å²) in [6.45, 7) is 8.99. The van der Waals surface area contributed by atoms with Crippen LogP contribution in [0, 0.1) is 5.92 Å². The van der Waals surface area contributed by atoms with Gasteiger partial charge in [0.05, 0.1) is 0 Å². The van der Waals surface area contributed by atoms with E-state index in [2.05, 4.69) is 37.7 Å². The fourth-order valence-electron chi connectivity index (χ4n) is 1.94. The largest absolute Gasteiger partial charge is 0.330 e. The monoisotopic (exact) mass is 199 g/mol. The zero-order valence-electron chi connectivity index (χ0n) is 10.1. The second-order valence-electron chi connectivity index (χ2n) is 5.33. The van der Waals surface area contributed by atoms with Crippen LogP contribution >= 0.6 is 0 Å². The summed E-state index contributed by atoms with van der Waals surface area (Å²) in [5.41, 5.74) is 5.95. The Bertz CT molecular complexity index is 177. The van der Waals surface area contributed by atoms with Crippen LogP contribution in [-0.2, 0) is 0 Å². The minimum Gasteiger partial charge on any atom is -0.330 e. The van der Waals surface area contributed by atoms with Crippen molar-refractivity contribution in [1.82, 2.24) is 9.80 Å². The van der Waals surface area contributed by atoms with Gasteiger partial charge in [-0.1, -0.05) is 0 Å². The van der Waals surface area contributed by atoms with Gasteiger partial charge in [0, 0.05) is 18.6 Å². The van der Waals surface area contributed by atoms with E-state index in [1.54, 1.807) is 0 Å². The Morgan fingerprint density at radius 1 is 1.43 bits per heavy atom. The highest BCUT2D eigenvalue weighted by Crippen LogP contribution is 2.19. The van der Waals surface area contributed by atoms with Crippen LogP contribution in [-0.4, -0.2) is 55.6 Å². The minimum atomic E-state index is 0.267. The molecule has 0 aromatic carbocycles. The summed E-state index contributed by atoms with van der Waals surface area (Å²) in [7, 11) is 4.30. The Labute approximate surface area is 88.2 Å². The van der Waals surface area contributed by atoms with Gasteiger partial charge in [-0.2, -0.15) is 0 Å². The Balaban J connectivity index is 2.39. The van der Waals surface area contributed by atoms with Crippen LogP contribution < -0.4 is 5.73 Å². The third kappa shape index (κ3) is 2.94. The smallest absolute Gasteiger partial charge is 0.0274 e. The third-order valence-electron chi connectivity index (χ3n) is 3.52. The molecule has 0 aromatic rings. The van der Waals surface area contributed by atoms with Crippen molar-refractivity contribution in [3.8, 4) is 0 Å². The Morgan fingerprint density at radius 2 is 2.07 bits per heavy atom. The highest BCUT2D eigenvalue weighted by atomic mass is 15.2. The van der Waals surface area contributed by atoms with E-state index in [0.29, 0.717) is 0 Å². The fourth-order valence-corrected chi connectivity index (χ4v) is 1.94. The summed E-state index contributed by atoms with van der Waals surface area (Å²) < 4.78 is 0. The zero-order chi connectivity index (χ0) is 10.8. The van der Waals surface area contributed by atoms with Crippen molar-refractivity contribution in [3.63, 3.8) is 0 Å². The van der Waals surface area contributed by atoms with Gasteiger partial charge in [0.2, 0.25) is 0 Å². The van der Waals surface area contributed by atoms with E-state index in [4.69, 9.17) is 5.73 Å². The first-order valence-electron chi connectivity index (χ1n) is 5.55. The molecular formula is C11H25N3. The molecule has 1 aliphatic rings. The summed E-state index contributed by atoms with van der Waals surface area (Å²) >= 11 is 0. The molecule has 0 radical (unpaired) electrons. The van der Waals surface area contributed by atoms with Gasteiger partial charge in [0.1, 0.15) is 0 Å². The summed E-state index contributed by atoms with van der Waals surface area (Å²) in [5.74, 6) is 0.730. The van der Waals surface area contributed by atoms with Gasteiger partial charge >= 0.3 is 0 Å². The fraction of sp³-hybridized carbons (Fsp3) is 1.00. The molecule has 1 aliphatic heterocycles. The van der Waals surface area contributed by atoms with Crippen molar-refractivity contribution in [2.75, 3.05) is 40.3 Å². The normalized spacial score (nSPS) is 24.9. The van der Waals surface area contributed by atoms with Crippen molar-refractivity contribution in [1.29, 1.82) is 0 Å². The van der Waals surface area contributed by atoms with Gasteiger partial charge in [0.25, 0.3) is 0 Å². The molecule has 1 saturated heterocycles. The lowest BCUT2D eigenvalue weighted by Crippen LogP contribution is -2.47. The number of hydrogen-bond donors (Lipinski definition) is 1. The van der Waals surface area contributed by atoms with Gasteiger partial charge in [-0.15, -0.1) is 0 Å². The van der Waals surface area contributed by atoms with Crippen LogP contribution in [0.5, 0.6) is 0 Å². The van der Waals surface area contributed by atoms with Crippen LogP contribution in [0.2, 0.25) is 0 Å². The number of nitrogens with zero attached hydrogens (tertiary/aromatic N) is 2. The van der Waals surface area contributed by atoms with Crippen molar-refractivity contribution in [3.05, 3.63) is 0 Å². The van der Waals surface area contributed by atoms with E-state index in [-0.39, 0.29) is 5.54 Å². The number of hydrogen-bond acceptors (Lipinski definition) is 3. The summed E-state index contributed by atoms with van der Waals surface area (Å²) in [6, 6.07) is 0. The van der Waals surface area contributed by atoms with Gasteiger partial charge < -0.3 is 15.5 Å². The van der Waals surface area contributed by atoms with Crippen molar-refractivity contribution >= 4 is 0 Å². The summed E-state index contributed by atoms with van der Waals surface area (Å²) in [5, 5.41) is 0. The second kappa shape index (κ2) is 4.60. The van der Waals surface area contributed by atoms with E-state index in [0.717, 1.165) is 19.0 Å². The van der Waals surface area contributed by atoms with E-state index in [1.165, 1.54) is 19.5 Å². The Kier molecular flexibility index (Phi) is 3.93. The molecule has 1 atom stereocenters. The zero-order valence-corrected chi connectivity index (χ0v) is 10.1. The molecule has 0 amide bonds. The van der Waals surface area contributed by atoms with Crippen molar-refractivity contribution < 1.29 is 0 Å². The first kappa shape index (κ1) is 12.0. The second-order valence-corrected chi connectivity index (χ2v) is 5.33. The average Bonchev–Trinajstić information content (AvgIpc) is 2.51. The third-order valence-corrected chi connectivity index (χ3v) is 3.52. The minimum absolute atomic E-state index is 0.267. The van der Waals surface area contributed by atoms with E-state index in [1.807, 2.05) is 0 Å². The number of likely N-dealkylation sites (N-methyl/N-ethyl adjacent to an activating group) is 1. The molecule has 3 nitrogen and oxygen atoms in total. The molecule has 14 heavy (non-hydrogen) atoms. The standard InChI is InChI=1S/C11H25N3/c1-11(2,13(3)4)9-14-6-5-10(7-12)8-14/h10H,5-9,12H2,1-4H3. The molecule has 1 heterocycles. The predicted molar refractivity (Wildman–Crippen MR) is 61.4 cm³/mol. The van der Waals surface area contributed by atoms with Gasteiger partial charge in [-0.3, -0.25) is 0 Å². The molecule has 0 aromatic heterocycles. The molecule has 0 saturated carbocycles. The number of nitrogens with two attached hydrogens (primary N) is 1. The van der Waals surface area contributed by atoms with Crippen LogP contribution in [0.4, 0.5) is 0 Å². The Hall–Kier alpha value is -0.120.